The zero-order valence-corrected chi connectivity index (χ0v) is 11.2. The number of nitrogens with two attached hydrogens (primary N) is 1. The number of methoxy groups -OCH3 is 1. The summed E-state index contributed by atoms with van der Waals surface area (Å²) in [6.07, 6.45) is 9.61. The molecular formula is C16H19NO2. The molecule has 1 fully saturated rings. The van der Waals surface area contributed by atoms with Gasteiger partial charge in [0.15, 0.2) is 0 Å². The molecule has 2 rings (SSSR count). The zero-order valence-electron chi connectivity index (χ0n) is 11.2. The predicted octanol–water partition coefficient (Wildman–Crippen LogP) is 2.70. The van der Waals surface area contributed by atoms with Crippen LogP contribution < -0.4 is 10.5 Å². The van der Waals surface area contributed by atoms with Gasteiger partial charge in [0, 0.05) is 17.0 Å². The first-order chi connectivity index (χ1) is 9.17. The van der Waals surface area contributed by atoms with Crippen molar-refractivity contribution in [1.82, 2.24) is 0 Å². The number of terminal acetylenes is 1. The van der Waals surface area contributed by atoms with Gasteiger partial charge in [0.25, 0.3) is 0 Å². The highest BCUT2D eigenvalue weighted by Crippen LogP contribution is 2.41. The molecule has 2 N–H and O–H groups in total. The van der Waals surface area contributed by atoms with Crippen molar-refractivity contribution in [1.29, 1.82) is 0 Å². The van der Waals surface area contributed by atoms with E-state index in [2.05, 4.69) is 5.92 Å². The van der Waals surface area contributed by atoms with Crippen LogP contribution in [0.4, 0.5) is 0 Å². The zero-order chi connectivity index (χ0) is 13.8. The van der Waals surface area contributed by atoms with Gasteiger partial charge in [-0.05, 0) is 37.3 Å². The number of hydrogen-bond acceptors (Lipinski definition) is 2. The van der Waals surface area contributed by atoms with Crippen molar-refractivity contribution in [3.8, 4) is 18.1 Å². The standard InChI is InChI=1S/C16H19NO2/c1-3-11-6-4-7-12(10-11)15-13(16(17)18)8-5-9-14(15)19-2/h1,5,8-9,11-12H,4,6-7,10H2,2H3,(H2,17,18)/t11-,12+/m0/s1. The fourth-order valence-electron chi connectivity index (χ4n) is 2.96. The van der Waals surface area contributed by atoms with Crippen LogP contribution >= 0.6 is 0 Å². The van der Waals surface area contributed by atoms with Crippen molar-refractivity contribution >= 4 is 5.91 Å². The van der Waals surface area contributed by atoms with Gasteiger partial charge in [-0.1, -0.05) is 12.5 Å². The van der Waals surface area contributed by atoms with Gasteiger partial charge in [0.1, 0.15) is 5.75 Å². The topological polar surface area (TPSA) is 52.3 Å². The van der Waals surface area contributed by atoms with Crippen molar-refractivity contribution in [2.45, 2.75) is 31.6 Å². The predicted molar refractivity (Wildman–Crippen MR) is 75.0 cm³/mol. The van der Waals surface area contributed by atoms with Gasteiger partial charge in [-0.3, -0.25) is 4.79 Å². The van der Waals surface area contributed by atoms with Crippen LogP contribution in [0.1, 0.15) is 47.5 Å². The van der Waals surface area contributed by atoms with Crippen LogP contribution in [0.5, 0.6) is 5.75 Å². The summed E-state index contributed by atoms with van der Waals surface area (Å²) in [7, 11) is 1.62. The van der Waals surface area contributed by atoms with Gasteiger partial charge in [0.2, 0.25) is 5.91 Å². The maximum absolute atomic E-state index is 11.6. The van der Waals surface area contributed by atoms with E-state index in [0.29, 0.717) is 5.56 Å². The SMILES string of the molecule is C#C[C@H]1CCC[C@@H](c2c(OC)cccc2C(N)=O)C1. The first kappa shape index (κ1) is 13.5. The average molecular weight is 257 g/mol. The molecule has 1 aliphatic carbocycles. The first-order valence-electron chi connectivity index (χ1n) is 6.60. The van der Waals surface area contributed by atoms with Crippen molar-refractivity contribution in [2.75, 3.05) is 7.11 Å². The normalized spacial score (nSPS) is 22.5. The van der Waals surface area contributed by atoms with Crippen molar-refractivity contribution in [3.05, 3.63) is 29.3 Å². The summed E-state index contributed by atoms with van der Waals surface area (Å²) in [5, 5.41) is 0. The Morgan fingerprint density at radius 2 is 2.26 bits per heavy atom. The van der Waals surface area contributed by atoms with E-state index >= 15 is 0 Å². The molecule has 19 heavy (non-hydrogen) atoms. The Balaban J connectivity index is 2.42. The third kappa shape index (κ3) is 2.73. The summed E-state index contributed by atoms with van der Waals surface area (Å²) in [5.41, 5.74) is 6.96. The van der Waals surface area contributed by atoms with Gasteiger partial charge in [-0.25, -0.2) is 0 Å². The van der Waals surface area contributed by atoms with Gasteiger partial charge < -0.3 is 10.5 Å². The van der Waals surface area contributed by atoms with E-state index in [1.165, 1.54) is 0 Å². The van der Waals surface area contributed by atoms with Crippen molar-refractivity contribution in [3.63, 3.8) is 0 Å². The number of ether oxygens (including phenoxy) is 1. The Labute approximate surface area is 114 Å². The van der Waals surface area contributed by atoms with Crippen LogP contribution in [-0.4, -0.2) is 13.0 Å². The van der Waals surface area contributed by atoms with Gasteiger partial charge in [-0.15, -0.1) is 12.3 Å². The number of carbonyl (C=O) groups excluding carboxylic acids is 1. The molecule has 0 radical (unpaired) electrons. The fraction of sp³-hybridized carbons (Fsp3) is 0.438. The van der Waals surface area contributed by atoms with Crippen LogP contribution in [-0.2, 0) is 0 Å². The van der Waals surface area contributed by atoms with Crippen LogP contribution in [0.15, 0.2) is 18.2 Å². The third-order valence-electron chi connectivity index (χ3n) is 3.87. The quantitative estimate of drug-likeness (QED) is 0.846. The lowest BCUT2D eigenvalue weighted by Crippen LogP contribution is -2.20. The number of benzene rings is 1. The molecule has 1 saturated carbocycles. The Bertz CT molecular complexity index is 516. The lowest BCUT2D eigenvalue weighted by atomic mass is 9.76. The van der Waals surface area contributed by atoms with Crippen molar-refractivity contribution in [2.24, 2.45) is 11.7 Å². The average Bonchev–Trinajstić information content (AvgIpc) is 2.46. The minimum absolute atomic E-state index is 0.258. The number of carbonyl (C=O) groups is 1. The molecule has 0 spiro atoms. The highest BCUT2D eigenvalue weighted by atomic mass is 16.5. The molecule has 3 heteroatoms. The van der Waals surface area contributed by atoms with E-state index in [1.54, 1.807) is 19.2 Å². The highest BCUT2D eigenvalue weighted by Gasteiger charge is 2.27. The van der Waals surface area contributed by atoms with E-state index in [0.717, 1.165) is 37.0 Å². The second kappa shape index (κ2) is 5.79. The number of hydrogen-bond donors (Lipinski definition) is 1. The van der Waals surface area contributed by atoms with Crippen LogP contribution in [0.2, 0.25) is 0 Å². The maximum Gasteiger partial charge on any atom is 0.249 e. The van der Waals surface area contributed by atoms with Gasteiger partial charge in [0.05, 0.1) is 7.11 Å². The lowest BCUT2D eigenvalue weighted by molar-refractivity contribution is 0.0998. The Kier molecular flexibility index (Phi) is 4.11. The van der Waals surface area contributed by atoms with Gasteiger partial charge >= 0.3 is 0 Å². The molecular weight excluding hydrogens is 238 g/mol. The molecule has 1 aromatic rings. The second-order valence-electron chi connectivity index (χ2n) is 5.01. The maximum atomic E-state index is 11.6. The van der Waals surface area contributed by atoms with Crippen LogP contribution in [0.3, 0.4) is 0 Å². The molecule has 2 atom stereocenters. The fourth-order valence-corrected chi connectivity index (χ4v) is 2.96. The smallest absolute Gasteiger partial charge is 0.249 e. The Morgan fingerprint density at radius 1 is 1.47 bits per heavy atom. The van der Waals surface area contributed by atoms with E-state index < -0.39 is 5.91 Å². The van der Waals surface area contributed by atoms with Crippen LogP contribution in [0, 0.1) is 18.3 Å². The molecule has 100 valence electrons. The summed E-state index contributed by atoms with van der Waals surface area (Å²) in [6.45, 7) is 0. The summed E-state index contributed by atoms with van der Waals surface area (Å²) in [4.78, 5) is 11.6. The van der Waals surface area contributed by atoms with E-state index in [1.807, 2.05) is 6.07 Å². The Morgan fingerprint density at radius 3 is 2.89 bits per heavy atom. The number of amides is 1. The van der Waals surface area contributed by atoms with E-state index in [9.17, 15) is 4.79 Å². The summed E-state index contributed by atoms with van der Waals surface area (Å²) < 4.78 is 5.40. The molecule has 3 nitrogen and oxygen atoms in total. The number of rotatable bonds is 3. The van der Waals surface area contributed by atoms with Crippen LogP contribution in [0.25, 0.3) is 0 Å². The minimum atomic E-state index is -0.406. The molecule has 1 aromatic carbocycles. The second-order valence-corrected chi connectivity index (χ2v) is 5.01. The summed E-state index contributed by atoms with van der Waals surface area (Å²) >= 11 is 0. The molecule has 0 aromatic heterocycles. The molecule has 0 unspecified atom stereocenters. The summed E-state index contributed by atoms with van der Waals surface area (Å²) in [5.74, 6) is 3.70. The molecule has 0 bridgehead atoms. The molecule has 0 saturated heterocycles. The van der Waals surface area contributed by atoms with Gasteiger partial charge in [-0.2, -0.15) is 0 Å². The lowest BCUT2D eigenvalue weighted by Gasteiger charge is -2.28. The van der Waals surface area contributed by atoms with E-state index in [-0.39, 0.29) is 11.8 Å². The monoisotopic (exact) mass is 257 g/mol. The Hall–Kier alpha value is -1.95. The van der Waals surface area contributed by atoms with Crippen molar-refractivity contribution < 1.29 is 9.53 Å². The molecule has 0 heterocycles. The molecule has 1 amide bonds. The molecule has 1 aliphatic rings. The highest BCUT2D eigenvalue weighted by molar-refractivity contribution is 5.95. The summed E-state index contributed by atoms with van der Waals surface area (Å²) in [6, 6.07) is 5.44. The third-order valence-corrected chi connectivity index (χ3v) is 3.87. The van der Waals surface area contributed by atoms with E-state index in [4.69, 9.17) is 16.9 Å². The first-order valence-corrected chi connectivity index (χ1v) is 6.60. The largest absolute Gasteiger partial charge is 0.496 e. The number of primary amides is 1. The molecule has 0 aliphatic heterocycles. The minimum Gasteiger partial charge on any atom is -0.496 e.